The summed E-state index contributed by atoms with van der Waals surface area (Å²) in [6.45, 7) is 6.08. The van der Waals surface area contributed by atoms with Crippen LogP contribution < -0.4 is 0 Å². The lowest BCUT2D eigenvalue weighted by Crippen LogP contribution is -2.49. The third kappa shape index (κ3) is 4.70. The van der Waals surface area contributed by atoms with Crippen molar-refractivity contribution in [2.45, 2.75) is 49.6 Å². The third-order valence-electron chi connectivity index (χ3n) is 5.02. The van der Waals surface area contributed by atoms with Crippen molar-refractivity contribution in [2.75, 3.05) is 18.8 Å². The molecule has 148 valence electrons. The Balaban J connectivity index is 1.63. The van der Waals surface area contributed by atoms with Crippen LogP contribution >= 0.6 is 24.4 Å². The second-order valence-electron chi connectivity index (χ2n) is 7.18. The highest BCUT2D eigenvalue weighted by molar-refractivity contribution is 8.00. The number of likely N-dealkylation sites (tertiary alicyclic amines) is 1. The number of nitro groups is 1. The van der Waals surface area contributed by atoms with Gasteiger partial charge in [-0.1, -0.05) is 0 Å². The molecule has 0 saturated carbocycles. The molecule has 0 bridgehead atoms. The SMILES string of the molecule is CC(C)N1CCSC1C1CC(S)CN1C(=O)OCc1ccc([N+](=O)[O-])cc1. The number of thioether (sulfide) groups is 1. The predicted molar refractivity (Wildman–Crippen MR) is 109 cm³/mol. The van der Waals surface area contributed by atoms with Crippen LogP contribution in [-0.2, 0) is 11.3 Å². The van der Waals surface area contributed by atoms with E-state index in [9.17, 15) is 14.9 Å². The monoisotopic (exact) mass is 411 g/mol. The van der Waals surface area contributed by atoms with Gasteiger partial charge in [-0.3, -0.25) is 15.0 Å². The van der Waals surface area contributed by atoms with Gasteiger partial charge in [-0.25, -0.2) is 4.79 Å². The van der Waals surface area contributed by atoms with Crippen molar-refractivity contribution in [3.05, 3.63) is 39.9 Å². The number of nitrogens with zero attached hydrogens (tertiary/aromatic N) is 3. The summed E-state index contributed by atoms with van der Waals surface area (Å²) < 4.78 is 5.50. The van der Waals surface area contributed by atoms with E-state index in [4.69, 9.17) is 4.74 Å². The minimum absolute atomic E-state index is 0.0228. The molecular formula is C18H25N3O4S2. The molecule has 2 heterocycles. The molecule has 0 aliphatic carbocycles. The number of rotatable bonds is 5. The zero-order valence-corrected chi connectivity index (χ0v) is 17.2. The number of carbonyl (C=O) groups excluding carboxylic acids is 1. The minimum atomic E-state index is -0.447. The fourth-order valence-corrected chi connectivity index (χ4v) is 5.62. The largest absolute Gasteiger partial charge is 0.445 e. The molecule has 3 rings (SSSR count). The smallest absolute Gasteiger partial charge is 0.410 e. The summed E-state index contributed by atoms with van der Waals surface area (Å²) in [4.78, 5) is 27.2. The molecule has 27 heavy (non-hydrogen) atoms. The normalized spacial score (nSPS) is 25.9. The van der Waals surface area contributed by atoms with Gasteiger partial charge in [0, 0.05) is 42.3 Å². The lowest BCUT2D eigenvalue weighted by Gasteiger charge is -2.35. The van der Waals surface area contributed by atoms with Gasteiger partial charge in [0.15, 0.2) is 0 Å². The molecular weight excluding hydrogens is 386 g/mol. The first-order chi connectivity index (χ1) is 12.9. The fraction of sp³-hybridized carbons (Fsp3) is 0.611. The van der Waals surface area contributed by atoms with Gasteiger partial charge in [0.1, 0.15) is 6.61 Å². The van der Waals surface area contributed by atoms with Gasteiger partial charge in [0.05, 0.1) is 16.3 Å². The van der Waals surface area contributed by atoms with Crippen molar-refractivity contribution in [2.24, 2.45) is 0 Å². The molecule has 2 saturated heterocycles. The minimum Gasteiger partial charge on any atom is -0.445 e. The Morgan fingerprint density at radius 2 is 2.11 bits per heavy atom. The van der Waals surface area contributed by atoms with Gasteiger partial charge in [0.25, 0.3) is 5.69 Å². The Kier molecular flexibility index (Phi) is 6.54. The van der Waals surface area contributed by atoms with Crippen molar-refractivity contribution >= 4 is 36.2 Å². The van der Waals surface area contributed by atoms with Crippen LogP contribution in [0, 0.1) is 10.1 Å². The fourth-order valence-electron chi connectivity index (χ4n) is 3.65. The molecule has 3 atom stereocenters. The molecule has 1 aromatic rings. The average Bonchev–Trinajstić information content (AvgIpc) is 3.26. The van der Waals surface area contributed by atoms with E-state index in [1.165, 1.54) is 12.1 Å². The molecule has 1 amide bonds. The molecule has 2 aliphatic rings. The molecule has 0 N–H and O–H groups in total. The van der Waals surface area contributed by atoms with Crippen molar-refractivity contribution in [3.63, 3.8) is 0 Å². The number of amides is 1. The zero-order chi connectivity index (χ0) is 19.6. The van der Waals surface area contributed by atoms with Gasteiger partial charge in [-0.15, -0.1) is 11.8 Å². The maximum absolute atomic E-state index is 12.7. The van der Waals surface area contributed by atoms with E-state index in [1.54, 1.807) is 17.0 Å². The summed E-state index contributed by atoms with van der Waals surface area (Å²) in [5, 5.41) is 11.1. The molecule has 7 nitrogen and oxygen atoms in total. The van der Waals surface area contributed by atoms with Crippen molar-refractivity contribution in [3.8, 4) is 0 Å². The Morgan fingerprint density at radius 3 is 2.74 bits per heavy atom. The van der Waals surface area contributed by atoms with Crippen LogP contribution in [0.1, 0.15) is 25.8 Å². The molecule has 2 fully saturated rings. The van der Waals surface area contributed by atoms with E-state index in [-0.39, 0.29) is 35.1 Å². The highest BCUT2D eigenvalue weighted by Gasteiger charge is 2.44. The van der Waals surface area contributed by atoms with E-state index in [0.29, 0.717) is 12.6 Å². The summed E-state index contributed by atoms with van der Waals surface area (Å²) in [5.41, 5.74) is 0.751. The maximum atomic E-state index is 12.7. The topological polar surface area (TPSA) is 75.9 Å². The van der Waals surface area contributed by atoms with E-state index in [2.05, 4.69) is 31.4 Å². The summed E-state index contributed by atoms with van der Waals surface area (Å²) in [5.74, 6) is 1.07. The van der Waals surface area contributed by atoms with Crippen molar-refractivity contribution in [1.82, 2.24) is 9.80 Å². The first kappa shape index (κ1) is 20.3. The van der Waals surface area contributed by atoms with E-state index in [0.717, 1.165) is 24.3 Å². The van der Waals surface area contributed by atoms with Crippen LogP contribution in [0.25, 0.3) is 0 Å². The highest BCUT2D eigenvalue weighted by atomic mass is 32.2. The van der Waals surface area contributed by atoms with E-state index < -0.39 is 4.92 Å². The summed E-state index contributed by atoms with van der Waals surface area (Å²) >= 11 is 6.50. The molecule has 1 aromatic carbocycles. The maximum Gasteiger partial charge on any atom is 0.410 e. The van der Waals surface area contributed by atoms with Gasteiger partial charge in [0.2, 0.25) is 0 Å². The summed E-state index contributed by atoms with van der Waals surface area (Å²) in [6, 6.07) is 6.58. The Morgan fingerprint density at radius 1 is 1.41 bits per heavy atom. The first-order valence-corrected chi connectivity index (χ1v) is 10.7. The summed E-state index contributed by atoms with van der Waals surface area (Å²) in [7, 11) is 0. The number of hydrogen-bond donors (Lipinski definition) is 1. The summed E-state index contributed by atoms with van der Waals surface area (Å²) in [6.07, 6.45) is 0.516. The van der Waals surface area contributed by atoms with Crippen LogP contribution in [-0.4, -0.2) is 62.4 Å². The lowest BCUT2D eigenvalue weighted by atomic mass is 10.1. The van der Waals surface area contributed by atoms with E-state index in [1.807, 2.05) is 11.8 Å². The molecule has 0 aromatic heterocycles. The average molecular weight is 412 g/mol. The molecule has 3 unspecified atom stereocenters. The number of benzene rings is 1. The molecule has 9 heteroatoms. The third-order valence-corrected chi connectivity index (χ3v) is 6.74. The van der Waals surface area contributed by atoms with Crippen LogP contribution in [0.5, 0.6) is 0 Å². The van der Waals surface area contributed by atoms with Crippen LogP contribution in [0.3, 0.4) is 0 Å². The quantitative estimate of drug-likeness (QED) is 0.455. The standard InChI is InChI=1S/C18H25N3O4S2/c1-12(2)19-7-8-27-17(19)16-9-15(26)10-20(16)18(22)25-11-13-3-5-14(6-4-13)21(23)24/h3-6,12,15-17,26H,7-11H2,1-2H3. The number of non-ortho nitro benzene ring substituents is 1. The van der Waals surface area contributed by atoms with Gasteiger partial charge in [-0.2, -0.15) is 12.6 Å². The lowest BCUT2D eigenvalue weighted by molar-refractivity contribution is -0.384. The highest BCUT2D eigenvalue weighted by Crippen LogP contribution is 2.36. The van der Waals surface area contributed by atoms with Gasteiger partial charge in [-0.05, 0) is 38.0 Å². The van der Waals surface area contributed by atoms with Crippen molar-refractivity contribution < 1.29 is 14.5 Å². The Bertz CT molecular complexity index is 686. The number of nitro benzene ring substituents is 1. The number of thiol groups is 1. The Labute approximate surface area is 169 Å². The second kappa shape index (κ2) is 8.70. The number of hydrogen-bond acceptors (Lipinski definition) is 7. The van der Waals surface area contributed by atoms with Crippen LogP contribution in [0.15, 0.2) is 24.3 Å². The van der Waals surface area contributed by atoms with Crippen LogP contribution in [0.4, 0.5) is 10.5 Å². The Hall–Kier alpha value is -1.45. The number of ether oxygens (including phenoxy) is 1. The molecule has 0 radical (unpaired) electrons. The second-order valence-corrected chi connectivity index (χ2v) is 9.14. The number of carbonyl (C=O) groups is 1. The first-order valence-electron chi connectivity index (χ1n) is 9.09. The van der Waals surface area contributed by atoms with Gasteiger partial charge < -0.3 is 9.64 Å². The predicted octanol–water partition coefficient (Wildman–Crippen LogP) is 3.39. The van der Waals surface area contributed by atoms with Gasteiger partial charge >= 0.3 is 6.09 Å². The zero-order valence-electron chi connectivity index (χ0n) is 15.5. The molecule has 0 spiro atoms. The van der Waals surface area contributed by atoms with Crippen molar-refractivity contribution in [1.29, 1.82) is 0 Å². The molecule has 2 aliphatic heterocycles. The van der Waals surface area contributed by atoms with E-state index >= 15 is 0 Å². The van der Waals surface area contributed by atoms with Crippen LogP contribution in [0.2, 0.25) is 0 Å².